The number of rotatable bonds is 5. The highest BCUT2D eigenvalue weighted by molar-refractivity contribution is 7.99. The number of carbonyl (C=O) groups is 2. The molecule has 2 aromatic carbocycles. The highest BCUT2D eigenvalue weighted by atomic mass is 32.2. The minimum absolute atomic E-state index is 0.0207. The van der Waals surface area contributed by atoms with Crippen LogP contribution in [0.3, 0.4) is 0 Å². The van der Waals surface area contributed by atoms with Crippen molar-refractivity contribution in [1.29, 1.82) is 0 Å². The number of para-hydroxylation sites is 1. The molecule has 0 saturated heterocycles. The maximum Gasteiger partial charge on any atom is 0.224 e. The lowest BCUT2D eigenvalue weighted by molar-refractivity contribution is -0.116. The maximum atomic E-state index is 12.6. The zero-order valence-corrected chi connectivity index (χ0v) is 14.7. The van der Waals surface area contributed by atoms with E-state index in [-0.39, 0.29) is 17.4 Å². The van der Waals surface area contributed by atoms with Crippen LogP contribution < -0.4 is 5.32 Å². The monoisotopic (exact) mass is 364 g/mol. The van der Waals surface area contributed by atoms with Gasteiger partial charge in [-0.1, -0.05) is 30.0 Å². The van der Waals surface area contributed by atoms with Crippen LogP contribution in [0.25, 0.3) is 5.69 Å². The van der Waals surface area contributed by atoms with Crippen LogP contribution >= 0.6 is 11.8 Å². The van der Waals surface area contributed by atoms with E-state index in [1.54, 1.807) is 18.5 Å². The Labute approximate surface area is 154 Å². The fraction of sp³-hybridized carbons (Fsp3) is 0.158. The molecule has 7 heteroatoms. The van der Waals surface area contributed by atoms with Gasteiger partial charge in [0.1, 0.15) is 6.33 Å². The summed E-state index contributed by atoms with van der Waals surface area (Å²) >= 11 is 1.36. The van der Waals surface area contributed by atoms with Gasteiger partial charge in [-0.05, 0) is 42.3 Å². The number of carbonyl (C=O) groups excluding carboxylic acids is 2. The average Bonchev–Trinajstić information content (AvgIpc) is 3.15. The van der Waals surface area contributed by atoms with Gasteiger partial charge < -0.3 is 5.32 Å². The van der Waals surface area contributed by atoms with Gasteiger partial charge in [-0.2, -0.15) is 0 Å². The molecule has 1 aromatic heterocycles. The molecule has 1 aliphatic rings. The smallest absolute Gasteiger partial charge is 0.224 e. The summed E-state index contributed by atoms with van der Waals surface area (Å²) in [4.78, 5) is 24.0. The van der Waals surface area contributed by atoms with E-state index in [1.807, 2.05) is 41.0 Å². The first-order valence-corrected chi connectivity index (χ1v) is 9.23. The molecule has 1 aliphatic heterocycles. The van der Waals surface area contributed by atoms with Crippen LogP contribution in [0.5, 0.6) is 0 Å². The lowest BCUT2D eigenvalue weighted by Gasteiger charge is -2.17. The van der Waals surface area contributed by atoms with Gasteiger partial charge in [0.2, 0.25) is 5.91 Å². The molecule has 0 atom stereocenters. The summed E-state index contributed by atoms with van der Waals surface area (Å²) < 4.78 is 1.86. The predicted molar refractivity (Wildman–Crippen MR) is 99.8 cm³/mol. The van der Waals surface area contributed by atoms with Crippen molar-refractivity contribution in [2.75, 3.05) is 11.1 Å². The Bertz CT molecular complexity index is 969. The number of aromatic nitrogens is 3. The number of nitrogens with zero attached hydrogens (tertiary/aromatic N) is 3. The zero-order valence-electron chi connectivity index (χ0n) is 13.9. The average molecular weight is 364 g/mol. The number of aryl methyl sites for hydroxylation is 1. The van der Waals surface area contributed by atoms with E-state index in [9.17, 15) is 9.59 Å². The Morgan fingerprint density at radius 3 is 2.85 bits per heavy atom. The molecule has 1 amide bonds. The fourth-order valence-corrected chi connectivity index (χ4v) is 3.68. The van der Waals surface area contributed by atoms with E-state index in [0.717, 1.165) is 16.9 Å². The fourth-order valence-electron chi connectivity index (χ4n) is 2.86. The predicted octanol–water partition coefficient (Wildman–Crippen LogP) is 3.13. The van der Waals surface area contributed by atoms with Crippen molar-refractivity contribution in [1.82, 2.24) is 14.8 Å². The summed E-state index contributed by atoms with van der Waals surface area (Å²) in [6.45, 7) is 0. The van der Waals surface area contributed by atoms with Gasteiger partial charge in [0.05, 0.1) is 5.75 Å². The summed E-state index contributed by atoms with van der Waals surface area (Å²) in [5.74, 6) is 0.320. The van der Waals surface area contributed by atoms with Gasteiger partial charge in [0, 0.05) is 23.4 Å². The summed E-state index contributed by atoms with van der Waals surface area (Å²) in [5, 5.41) is 11.6. The quantitative estimate of drug-likeness (QED) is 0.556. The number of nitrogens with one attached hydrogen (secondary N) is 1. The van der Waals surface area contributed by atoms with Crippen LogP contribution in [-0.2, 0) is 11.2 Å². The lowest BCUT2D eigenvalue weighted by Crippen LogP contribution is -2.19. The van der Waals surface area contributed by atoms with Crippen LogP contribution in [0.1, 0.15) is 22.3 Å². The molecule has 4 rings (SSSR count). The van der Waals surface area contributed by atoms with Gasteiger partial charge >= 0.3 is 0 Å². The number of benzene rings is 2. The molecule has 0 unspecified atom stereocenters. The SMILES string of the molecule is O=C1CCc2cc(C(=O)CSc3nncn3-c3ccccc3)ccc2N1. The third-order valence-corrected chi connectivity index (χ3v) is 5.15. The highest BCUT2D eigenvalue weighted by Crippen LogP contribution is 2.25. The molecule has 130 valence electrons. The van der Waals surface area contributed by atoms with Crippen molar-refractivity contribution in [2.45, 2.75) is 18.0 Å². The second-order valence-corrected chi connectivity index (χ2v) is 6.89. The number of hydrogen-bond acceptors (Lipinski definition) is 5. The Morgan fingerprint density at radius 1 is 1.15 bits per heavy atom. The summed E-state index contributed by atoms with van der Waals surface area (Å²) in [5.41, 5.74) is 3.41. The Morgan fingerprint density at radius 2 is 2.00 bits per heavy atom. The number of fused-ring (bicyclic) bond motifs is 1. The minimum Gasteiger partial charge on any atom is -0.326 e. The number of thioether (sulfide) groups is 1. The number of ketones is 1. The van der Waals surface area contributed by atoms with Crippen molar-refractivity contribution < 1.29 is 9.59 Å². The molecule has 3 aromatic rings. The van der Waals surface area contributed by atoms with Crippen LogP contribution in [0, 0.1) is 0 Å². The molecule has 0 spiro atoms. The Kier molecular flexibility index (Phi) is 4.53. The molecule has 0 fully saturated rings. The van der Waals surface area contributed by atoms with Crippen molar-refractivity contribution >= 4 is 29.1 Å². The number of amides is 1. The minimum atomic E-state index is 0.0207. The van der Waals surface area contributed by atoms with Gasteiger partial charge in [0.25, 0.3) is 0 Å². The first-order chi connectivity index (χ1) is 12.7. The number of anilines is 1. The van der Waals surface area contributed by atoms with E-state index < -0.39 is 0 Å². The van der Waals surface area contributed by atoms with Crippen LogP contribution in [0.15, 0.2) is 60.0 Å². The molecular weight excluding hydrogens is 348 g/mol. The third kappa shape index (κ3) is 3.39. The van der Waals surface area contributed by atoms with Crippen molar-refractivity contribution in [3.8, 4) is 5.69 Å². The third-order valence-electron chi connectivity index (χ3n) is 4.21. The van der Waals surface area contributed by atoms with Gasteiger partial charge in [-0.3, -0.25) is 14.2 Å². The first-order valence-electron chi connectivity index (χ1n) is 8.25. The van der Waals surface area contributed by atoms with Crippen molar-refractivity contribution in [3.63, 3.8) is 0 Å². The largest absolute Gasteiger partial charge is 0.326 e. The highest BCUT2D eigenvalue weighted by Gasteiger charge is 2.17. The van der Waals surface area contributed by atoms with E-state index in [4.69, 9.17) is 0 Å². The molecular formula is C19H16N4O2S. The van der Waals surface area contributed by atoms with E-state index in [2.05, 4.69) is 15.5 Å². The summed E-state index contributed by atoms with van der Waals surface area (Å²) in [7, 11) is 0. The molecule has 0 bridgehead atoms. The number of hydrogen-bond donors (Lipinski definition) is 1. The topological polar surface area (TPSA) is 76.9 Å². The van der Waals surface area contributed by atoms with Crippen molar-refractivity contribution in [3.05, 3.63) is 66.0 Å². The Balaban J connectivity index is 1.47. The van der Waals surface area contributed by atoms with Gasteiger partial charge in [-0.15, -0.1) is 10.2 Å². The van der Waals surface area contributed by atoms with Crippen LogP contribution in [0.4, 0.5) is 5.69 Å². The van der Waals surface area contributed by atoms with Crippen LogP contribution in [-0.4, -0.2) is 32.2 Å². The molecule has 26 heavy (non-hydrogen) atoms. The van der Waals surface area contributed by atoms with Gasteiger partial charge in [0.15, 0.2) is 10.9 Å². The van der Waals surface area contributed by atoms with Gasteiger partial charge in [-0.25, -0.2) is 0 Å². The maximum absolute atomic E-state index is 12.6. The first kappa shape index (κ1) is 16.5. The zero-order chi connectivity index (χ0) is 17.9. The van der Waals surface area contributed by atoms with E-state index in [0.29, 0.717) is 23.6 Å². The normalized spacial score (nSPS) is 13.2. The summed E-state index contributed by atoms with van der Waals surface area (Å²) in [6.07, 6.45) is 2.76. The standard InChI is InChI=1S/C19H16N4O2S/c24-17(14-6-8-16-13(10-14)7-9-18(25)21-16)11-26-19-22-20-12-23(19)15-4-2-1-3-5-15/h1-6,8,10,12H,7,9,11H2,(H,21,25). The molecule has 6 nitrogen and oxygen atoms in total. The molecule has 0 radical (unpaired) electrons. The van der Waals surface area contributed by atoms with E-state index >= 15 is 0 Å². The molecule has 0 aliphatic carbocycles. The molecule has 2 heterocycles. The lowest BCUT2D eigenvalue weighted by atomic mass is 9.99. The van der Waals surface area contributed by atoms with Crippen LogP contribution in [0.2, 0.25) is 0 Å². The van der Waals surface area contributed by atoms with E-state index in [1.165, 1.54) is 11.8 Å². The molecule has 0 saturated carbocycles. The van der Waals surface area contributed by atoms with Crippen molar-refractivity contribution in [2.24, 2.45) is 0 Å². The number of Topliss-reactive ketones (excluding diaryl/α,β-unsaturated/α-hetero) is 1. The Hall–Kier alpha value is -2.93. The second-order valence-electron chi connectivity index (χ2n) is 5.95. The summed E-state index contributed by atoms with van der Waals surface area (Å²) in [6, 6.07) is 15.2. The molecule has 1 N–H and O–H groups in total. The second kappa shape index (κ2) is 7.13.